The minimum absolute atomic E-state index is 0.0246. The predicted molar refractivity (Wildman–Crippen MR) is 113 cm³/mol. The summed E-state index contributed by atoms with van der Waals surface area (Å²) in [7, 11) is 1.81. The van der Waals surface area contributed by atoms with E-state index in [1.807, 2.05) is 55.6 Å². The number of fused-ring (bicyclic) bond motifs is 2. The van der Waals surface area contributed by atoms with Gasteiger partial charge in [0.1, 0.15) is 12.0 Å². The number of alkyl halides is 2. The number of hydrogen-bond donors (Lipinski definition) is 0. The van der Waals surface area contributed by atoms with Gasteiger partial charge in [0.05, 0.1) is 5.69 Å². The van der Waals surface area contributed by atoms with Crippen LogP contribution in [0.4, 0.5) is 8.78 Å². The number of aromatic nitrogens is 4. The van der Waals surface area contributed by atoms with Crippen LogP contribution in [0.15, 0.2) is 60.4 Å². The van der Waals surface area contributed by atoms with E-state index in [0.29, 0.717) is 24.1 Å². The molecule has 2 aromatic heterocycles. The van der Waals surface area contributed by atoms with Crippen LogP contribution in [0.3, 0.4) is 0 Å². The highest BCUT2D eigenvalue weighted by Gasteiger charge is 2.31. The average Bonchev–Trinajstić information content (AvgIpc) is 3.23. The van der Waals surface area contributed by atoms with E-state index in [-0.39, 0.29) is 23.4 Å². The van der Waals surface area contributed by atoms with E-state index in [2.05, 4.69) is 15.1 Å². The van der Waals surface area contributed by atoms with E-state index in [4.69, 9.17) is 0 Å². The average molecular weight is 419 g/mol. The Morgan fingerprint density at radius 2 is 1.97 bits per heavy atom. The number of benzene rings is 2. The molecule has 1 amide bonds. The summed E-state index contributed by atoms with van der Waals surface area (Å²) in [6, 6.07) is 14.9. The molecule has 0 aliphatic heterocycles. The third-order valence-corrected chi connectivity index (χ3v) is 5.76. The number of amides is 1. The lowest BCUT2D eigenvalue weighted by Gasteiger charge is -2.37. The van der Waals surface area contributed by atoms with Crippen LogP contribution in [0, 0.1) is 0 Å². The summed E-state index contributed by atoms with van der Waals surface area (Å²) in [6.07, 6.45) is 1.80. The largest absolute Gasteiger partial charge is 0.338 e. The number of rotatable bonds is 4. The lowest BCUT2D eigenvalue weighted by Crippen LogP contribution is -2.42. The summed E-state index contributed by atoms with van der Waals surface area (Å²) in [4.78, 5) is 22.6. The highest BCUT2D eigenvalue weighted by atomic mass is 19.3. The molecular formula is C23H19F2N5O. The van der Waals surface area contributed by atoms with Crippen LogP contribution in [0.25, 0.3) is 22.6 Å². The summed E-state index contributed by atoms with van der Waals surface area (Å²) >= 11 is 0. The van der Waals surface area contributed by atoms with E-state index < -0.39 is 6.43 Å². The molecule has 4 aromatic rings. The zero-order valence-electron chi connectivity index (χ0n) is 16.7. The van der Waals surface area contributed by atoms with E-state index in [1.165, 1.54) is 16.9 Å². The van der Waals surface area contributed by atoms with Gasteiger partial charge in [-0.25, -0.2) is 13.8 Å². The number of hydrogen-bond acceptors (Lipinski definition) is 4. The third kappa shape index (κ3) is 3.43. The fraction of sp³-hybridized carbons (Fsp3) is 0.217. The van der Waals surface area contributed by atoms with Crippen LogP contribution < -0.4 is 0 Å². The smallest absolute Gasteiger partial charge is 0.280 e. The minimum Gasteiger partial charge on any atom is -0.338 e. The van der Waals surface area contributed by atoms with Gasteiger partial charge >= 0.3 is 0 Å². The number of halogens is 2. The van der Waals surface area contributed by atoms with E-state index in [9.17, 15) is 13.6 Å². The van der Waals surface area contributed by atoms with Gasteiger partial charge in [-0.3, -0.25) is 4.79 Å². The molecular weight excluding hydrogens is 400 g/mol. The molecule has 0 unspecified atom stereocenters. The topological polar surface area (TPSA) is 63.4 Å². The molecule has 1 aliphatic rings. The highest BCUT2D eigenvalue weighted by Crippen LogP contribution is 2.34. The van der Waals surface area contributed by atoms with Crippen LogP contribution in [0.5, 0.6) is 0 Å². The first-order valence-electron chi connectivity index (χ1n) is 9.94. The molecule has 0 spiro atoms. The first-order valence-corrected chi connectivity index (χ1v) is 9.94. The fourth-order valence-corrected chi connectivity index (χ4v) is 3.98. The molecule has 8 heteroatoms. The van der Waals surface area contributed by atoms with Gasteiger partial charge in [0.2, 0.25) is 0 Å². The van der Waals surface area contributed by atoms with Crippen molar-refractivity contribution < 1.29 is 13.6 Å². The van der Waals surface area contributed by atoms with Crippen molar-refractivity contribution in [3.63, 3.8) is 0 Å². The monoisotopic (exact) mass is 419 g/mol. The molecule has 6 nitrogen and oxygen atoms in total. The van der Waals surface area contributed by atoms with Crippen LogP contribution in [0.2, 0.25) is 0 Å². The molecule has 31 heavy (non-hydrogen) atoms. The maximum atomic E-state index is 13.2. The zero-order chi connectivity index (χ0) is 21.5. The van der Waals surface area contributed by atoms with E-state index >= 15 is 0 Å². The normalized spacial score (nSPS) is 16.0. The summed E-state index contributed by atoms with van der Waals surface area (Å²) in [6.45, 7) is 0. The first kappa shape index (κ1) is 19.3. The molecule has 0 bridgehead atoms. The molecule has 5 rings (SSSR count). The predicted octanol–water partition coefficient (Wildman–Crippen LogP) is 4.53. The zero-order valence-corrected chi connectivity index (χ0v) is 16.7. The SMILES string of the molecule is CN(C(=O)c1cccc2ccccc12)C1CC(=Cc2cc(C(F)F)nc3ncnn23)C1. The molecule has 156 valence electrons. The van der Waals surface area contributed by atoms with Crippen molar-refractivity contribution in [2.24, 2.45) is 0 Å². The van der Waals surface area contributed by atoms with Crippen molar-refractivity contribution in [1.29, 1.82) is 0 Å². The molecule has 1 fully saturated rings. The summed E-state index contributed by atoms with van der Waals surface area (Å²) in [5.41, 5.74) is 1.92. The molecule has 1 aliphatic carbocycles. The summed E-state index contributed by atoms with van der Waals surface area (Å²) in [5.74, 6) is 0.118. The Hall–Kier alpha value is -3.68. The van der Waals surface area contributed by atoms with Crippen LogP contribution in [-0.4, -0.2) is 43.5 Å². The maximum Gasteiger partial charge on any atom is 0.280 e. The fourth-order valence-electron chi connectivity index (χ4n) is 3.98. The number of nitrogens with zero attached hydrogens (tertiary/aromatic N) is 5. The van der Waals surface area contributed by atoms with E-state index in [1.54, 1.807) is 4.90 Å². The standard InChI is InChI=1S/C23H19F2N5O/c1-29(22(31)19-8-4-6-15-5-2-3-7-18(15)19)16-9-14(10-16)11-17-12-20(21(24)25)28-23-26-13-27-30(17)23/h2-8,11-13,16,21H,9-10H2,1H3. The Labute approximate surface area is 176 Å². The van der Waals surface area contributed by atoms with Crippen molar-refractivity contribution in [3.05, 3.63) is 77.4 Å². The van der Waals surface area contributed by atoms with Gasteiger partial charge in [0, 0.05) is 18.7 Å². The van der Waals surface area contributed by atoms with Gasteiger partial charge in [-0.05, 0) is 41.8 Å². The Bertz CT molecular complexity index is 1320. The first-order chi connectivity index (χ1) is 15.0. The van der Waals surface area contributed by atoms with Crippen LogP contribution in [0.1, 0.15) is 41.0 Å². The van der Waals surface area contributed by atoms with Gasteiger partial charge in [0.25, 0.3) is 18.1 Å². The second-order valence-electron chi connectivity index (χ2n) is 7.69. The van der Waals surface area contributed by atoms with Crippen molar-refractivity contribution in [1.82, 2.24) is 24.5 Å². The van der Waals surface area contributed by atoms with Crippen molar-refractivity contribution in [2.45, 2.75) is 25.3 Å². The second kappa shape index (κ2) is 7.54. The number of carbonyl (C=O) groups is 1. The van der Waals surface area contributed by atoms with Crippen molar-refractivity contribution >= 4 is 28.5 Å². The quantitative estimate of drug-likeness (QED) is 0.488. The molecule has 1 saturated carbocycles. The molecule has 2 heterocycles. The minimum atomic E-state index is -2.68. The van der Waals surface area contributed by atoms with Crippen LogP contribution >= 0.6 is 0 Å². The Kier molecular flexibility index (Phi) is 4.69. The van der Waals surface area contributed by atoms with Crippen LogP contribution in [-0.2, 0) is 0 Å². The van der Waals surface area contributed by atoms with Gasteiger partial charge in [-0.2, -0.15) is 14.6 Å². The van der Waals surface area contributed by atoms with Gasteiger partial charge in [-0.15, -0.1) is 0 Å². The van der Waals surface area contributed by atoms with Gasteiger partial charge < -0.3 is 4.90 Å². The lowest BCUT2D eigenvalue weighted by molar-refractivity contribution is 0.0701. The van der Waals surface area contributed by atoms with Gasteiger partial charge in [0.15, 0.2) is 0 Å². The lowest BCUT2D eigenvalue weighted by atomic mass is 9.84. The molecule has 0 atom stereocenters. The summed E-state index contributed by atoms with van der Waals surface area (Å²) in [5, 5.41) is 6.03. The van der Waals surface area contributed by atoms with Crippen molar-refractivity contribution in [2.75, 3.05) is 7.05 Å². The Balaban J connectivity index is 1.36. The van der Waals surface area contributed by atoms with E-state index in [0.717, 1.165) is 16.3 Å². The molecule has 0 N–H and O–H groups in total. The summed E-state index contributed by atoms with van der Waals surface area (Å²) < 4.78 is 27.8. The van der Waals surface area contributed by atoms with Crippen molar-refractivity contribution in [3.8, 4) is 0 Å². The highest BCUT2D eigenvalue weighted by molar-refractivity contribution is 6.07. The number of carbonyl (C=O) groups excluding carboxylic acids is 1. The Morgan fingerprint density at radius 3 is 2.77 bits per heavy atom. The van der Waals surface area contributed by atoms with Gasteiger partial charge in [-0.1, -0.05) is 42.0 Å². The molecule has 0 radical (unpaired) electrons. The Morgan fingerprint density at radius 1 is 1.19 bits per heavy atom. The second-order valence-corrected chi connectivity index (χ2v) is 7.69. The molecule has 0 saturated heterocycles. The third-order valence-electron chi connectivity index (χ3n) is 5.76. The molecule has 2 aromatic carbocycles. The maximum absolute atomic E-state index is 13.2.